The minimum atomic E-state index is -0.827. The molecule has 17 heavy (non-hydrogen) atoms. The maximum atomic E-state index is 9.28. The average molecular weight is 237 g/mol. The molecule has 0 bridgehead atoms. The molecule has 2 rings (SSSR count). The van der Waals surface area contributed by atoms with E-state index in [2.05, 4.69) is 18.3 Å². The van der Waals surface area contributed by atoms with Crippen molar-refractivity contribution < 1.29 is 14.9 Å². The van der Waals surface area contributed by atoms with Gasteiger partial charge in [0.2, 0.25) is 0 Å². The third-order valence-electron chi connectivity index (χ3n) is 2.99. The Kier molecular flexibility index (Phi) is 3.86. The van der Waals surface area contributed by atoms with Gasteiger partial charge in [-0.3, -0.25) is 0 Å². The molecule has 0 radical (unpaired) electrons. The fraction of sp³-hybridized carbons (Fsp3) is 0.538. The van der Waals surface area contributed by atoms with Crippen molar-refractivity contribution in [1.29, 1.82) is 0 Å². The van der Waals surface area contributed by atoms with Crippen LogP contribution in [0.2, 0.25) is 0 Å². The van der Waals surface area contributed by atoms with Crippen LogP contribution in [0.1, 0.15) is 18.9 Å². The molecule has 4 heteroatoms. The Hall–Kier alpha value is -1.26. The predicted molar refractivity (Wildman–Crippen MR) is 66.4 cm³/mol. The SMILES string of the molecule is CC1CCc2cccc(OCC(O)CO)c2N1. The van der Waals surface area contributed by atoms with Gasteiger partial charge < -0.3 is 20.3 Å². The number of benzene rings is 1. The van der Waals surface area contributed by atoms with Crippen LogP contribution >= 0.6 is 0 Å². The summed E-state index contributed by atoms with van der Waals surface area (Å²) in [5, 5.41) is 21.4. The smallest absolute Gasteiger partial charge is 0.142 e. The van der Waals surface area contributed by atoms with Gasteiger partial charge in [-0.25, -0.2) is 0 Å². The van der Waals surface area contributed by atoms with Gasteiger partial charge in [-0.1, -0.05) is 12.1 Å². The van der Waals surface area contributed by atoms with Crippen molar-refractivity contribution in [3.63, 3.8) is 0 Å². The van der Waals surface area contributed by atoms with Crippen LogP contribution in [0, 0.1) is 0 Å². The number of aliphatic hydroxyl groups is 2. The first-order chi connectivity index (χ1) is 8.20. The van der Waals surface area contributed by atoms with Crippen LogP contribution in [0.25, 0.3) is 0 Å². The lowest BCUT2D eigenvalue weighted by atomic mass is 9.98. The Morgan fingerprint density at radius 2 is 2.35 bits per heavy atom. The van der Waals surface area contributed by atoms with Crippen LogP contribution in [0.4, 0.5) is 5.69 Å². The minimum Gasteiger partial charge on any atom is -0.489 e. The number of hydrogen-bond acceptors (Lipinski definition) is 4. The van der Waals surface area contributed by atoms with Crippen LogP contribution in [0.3, 0.4) is 0 Å². The van der Waals surface area contributed by atoms with E-state index >= 15 is 0 Å². The highest BCUT2D eigenvalue weighted by Crippen LogP contribution is 2.33. The lowest BCUT2D eigenvalue weighted by Crippen LogP contribution is -2.25. The molecule has 1 aromatic rings. The van der Waals surface area contributed by atoms with Gasteiger partial charge in [-0.05, 0) is 31.4 Å². The highest BCUT2D eigenvalue weighted by Gasteiger charge is 2.18. The van der Waals surface area contributed by atoms with Crippen LogP contribution in [0.5, 0.6) is 5.75 Å². The number of para-hydroxylation sites is 1. The molecule has 4 nitrogen and oxygen atoms in total. The molecule has 0 saturated carbocycles. The minimum absolute atomic E-state index is 0.114. The van der Waals surface area contributed by atoms with Crippen molar-refractivity contribution in [2.45, 2.75) is 31.9 Å². The highest BCUT2D eigenvalue weighted by atomic mass is 16.5. The van der Waals surface area contributed by atoms with Gasteiger partial charge in [0.1, 0.15) is 18.5 Å². The summed E-state index contributed by atoms with van der Waals surface area (Å²) in [7, 11) is 0. The topological polar surface area (TPSA) is 61.7 Å². The number of rotatable bonds is 4. The summed E-state index contributed by atoms with van der Waals surface area (Å²) >= 11 is 0. The average Bonchev–Trinajstić information content (AvgIpc) is 2.35. The van der Waals surface area contributed by atoms with Gasteiger partial charge in [0.05, 0.1) is 12.3 Å². The first kappa shape index (κ1) is 12.2. The number of fused-ring (bicyclic) bond motifs is 1. The summed E-state index contributed by atoms with van der Waals surface area (Å²) in [6.07, 6.45) is 1.34. The summed E-state index contributed by atoms with van der Waals surface area (Å²) in [5.41, 5.74) is 2.27. The van der Waals surface area contributed by atoms with E-state index < -0.39 is 6.10 Å². The second-order valence-electron chi connectivity index (χ2n) is 4.52. The zero-order valence-electron chi connectivity index (χ0n) is 10.0. The molecule has 1 aliphatic heterocycles. The lowest BCUT2D eigenvalue weighted by Gasteiger charge is -2.26. The fourth-order valence-electron chi connectivity index (χ4n) is 2.00. The molecular weight excluding hydrogens is 218 g/mol. The number of aliphatic hydroxyl groups excluding tert-OH is 2. The number of nitrogens with one attached hydrogen (secondary N) is 1. The monoisotopic (exact) mass is 237 g/mol. The van der Waals surface area contributed by atoms with E-state index in [-0.39, 0.29) is 13.2 Å². The Morgan fingerprint density at radius 3 is 3.12 bits per heavy atom. The summed E-state index contributed by atoms with van der Waals surface area (Å²) < 4.78 is 5.53. The second-order valence-corrected chi connectivity index (χ2v) is 4.52. The normalized spacial score (nSPS) is 20.3. The van der Waals surface area contributed by atoms with Crippen LogP contribution < -0.4 is 10.1 Å². The van der Waals surface area contributed by atoms with E-state index in [0.717, 1.165) is 24.3 Å². The van der Waals surface area contributed by atoms with Crippen LogP contribution in [-0.4, -0.2) is 35.6 Å². The molecule has 0 fully saturated rings. The van der Waals surface area contributed by atoms with Gasteiger partial charge in [0.15, 0.2) is 0 Å². The number of ether oxygens (including phenoxy) is 1. The summed E-state index contributed by atoms with van der Waals surface area (Å²) in [4.78, 5) is 0. The molecule has 3 N–H and O–H groups in total. The van der Waals surface area contributed by atoms with Gasteiger partial charge in [-0.15, -0.1) is 0 Å². The zero-order chi connectivity index (χ0) is 12.3. The van der Waals surface area contributed by atoms with Gasteiger partial charge in [0.25, 0.3) is 0 Å². The van der Waals surface area contributed by atoms with E-state index in [1.807, 2.05) is 12.1 Å². The van der Waals surface area contributed by atoms with E-state index in [0.29, 0.717) is 6.04 Å². The molecule has 0 saturated heterocycles. The quantitative estimate of drug-likeness (QED) is 0.735. The lowest BCUT2D eigenvalue weighted by molar-refractivity contribution is 0.0538. The molecule has 2 atom stereocenters. The van der Waals surface area contributed by atoms with E-state index in [4.69, 9.17) is 9.84 Å². The van der Waals surface area contributed by atoms with Gasteiger partial charge in [0, 0.05) is 6.04 Å². The number of hydrogen-bond donors (Lipinski definition) is 3. The standard InChI is InChI=1S/C13H19NO3/c1-9-5-6-10-3-2-4-12(13(10)14-9)17-8-11(16)7-15/h2-4,9,11,14-16H,5-8H2,1H3. The van der Waals surface area contributed by atoms with Crippen LogP contribution in [0.15, 0.2) is 18.2 Å². The van der Waals surface area contributed by atoms with Crippen molar-refractivity contribution in [3.8, 4) is 5.75 Å². The molecule has 0 amide bonds. The Labute approximate surface area is 101 Å². The summed E-state index contributed by atoms with van der Waals surface area (Å²) in [6.45, 7) is 1.98. The second kappa shape index (κ2) is 5.38. The van der Waals surface area contributed by atoms with Crippen molar-refractivity contribution in [1.82, 2.24) is 0 Å². The molecule has 0 aliphatic carbocycles. The third-order valence-corrected chi connectivity index (χ3v) is 2.99. The van der Waals surface area contributed by atoms with Crippen molar-refractivity contribution in [2.24, 2.45) is 0 Å². The number of aryl methyl sites for hydroxylation is 1. The molecule has 1 heterocycles. The molecule has 1 aliphatic rings. The van der Waals surface area contributed by atoms with Gasteiger partial charge >= 0.3 is 0 Å². The van der Waals surface area contributed by atoms with Gasteiger partial charge in [-0.2, -0.15) is 0 Å². The maximum Gasteiger partial charge on any atom is 0.142 e. The first-order valence-corrected chi connectivity index (χ1v) is 6.01. The summed E-state index contributed by atoms with van der Waals surface area (Å²) in [6, 6.07) is 6.37. The zero-order valence-corrected chi connectivity index (χ0v) is 10.0. The molecule has 94 valence electrons. The largest absolute Gasteiger partial charge is 0.489 e. The first-order valence-electron chi connectivity index (χ1n) is 6.01. The molecular formula is C13H19NO3. The Bertz CT molecular complexity index is 381. The van der Waals surface area contributed by atoms with Crippen molar-refractivity contribution in [3.05, 3.63) is 23.8 Å². The van der Waals surface area contributed by atoms with Crippen molar-refractivity contribution >= 4 is 5.69 Å². The van der Waals surface area contributed by atoms with Crippen molar-refractivity contribution in [2.75, 3.05) is 18.5 Å². The predicted octanol–water partition coefficient (Wildman–Crippen LogP) is 1.17. The molecule has 2 unspecified atom stereocenters. The fourth-order valence-corrected chi connectivity index (χ4v) is 2.00. The summed E-state index contributed by atoms with van der Waals surface area (Å²) in [5.74, 6) is 0.751. The third kappa shape index (κ3) is 2.90. The molecule has 0 spiro atoms. The highest BCUT2D eigenvalue weighted by molar-refractivity contribution is 5.63. The van der Waals surface area contributed by atoms with Crippen LogP contribution in [-0.2, 0) is 6.42 Å². The van der Waals surface area contributed by atoms with E-state index in [9.17, 15) is 5.11 Å². The maximum absolute atomic E-state index is 9.28. The van der Waals surface area contributed by atoms with E-state index in [1.54, 1.807) is 0 Å². The molecule has 1 aromatic carbocycles. The number of anilines is 1. The Balaban J connectivity index is 2.12. The van der Waals surface area contributed by atoms with E-state index in [1.165, 1.54) is 5.56 Å². The Morgan fingerprint density at radius 1 is 1.53 bits per heavy atom. The molecule has 0 aromatic heterocycles.